The van der Waals surface area contributed by atoms with Gasteiger partial charge in [-0.05, 0) is 31.9 Å². The predicted octanol–water partition coefficient (Wildman–Crippen LogP) is 1.69. The van der Waals surface area contributed by atoms with Crippen molar-refractivity contribution in [2.45, 2.75) is 13.3 Å². The van der Waals surface area contributed by atoms with E-state index in [1.807, 2.05) is 12.1 Å². The van der Waals surface area contributed by atoms with Crippen molar-refractivity contribution >= 4 is 11.4 Å². The van der Waals surface area contributed by atoms with Crippen LogP contribution in [0.2, 0.25) is 0 Å². The maximum Gasteiger partial charge on any atom is 0.295 e. The third kappa shape index (κ3) is 2.24. The first-order valence-electron chi connectivity index (χ1n) is 5.82. The van der Waals surface area contributed by atoms with Crippen molar-refractivity contribution in [2.75, 3.05) is 24.5 Å². The number of para-hydroxylation sites is 1. The number of nitro benzene ring substituents is 1. The molecule has 1 unspecified atom stereocenters. The lowest BCUT2D eigenvalue weighted by Crippen LogP contribution is -2.23. The summed E-state index contributed by atoms with van der Waals surface area (Å²) < 4.78 is 0. The van der Waals surface area contributed by atoms with Gasteiger partial charge in [0.25, 0.3) is 5.69 Å². The Morgan fingerprint density at radius 3 is 2.94 bits per heavy atom. The molecule has 0 aromatic heterocycles. The fraction of sp³-hybridized carbons (Fsp3) is 0.500. The molecule has 1 heterocycles. The molecule has 0 radical (unpaired) electrons. The fourth-order valence-corrected chi connectivity index (χ4v) is 2.38. The standard InChI is InChI=1S/C12H17N3O2/c1-9-3-2-4-11(12(9)15(16)17)14-6-5-10(7-13)8-14/h2-4,10H,5-8,13H2,1H3. The van der Waals surface area contributed by atoms with E-state index in [1.165, 1.54) is 0 Å². The quantitative estimate of drug-likeness (QED) is 0.639. The van der Waals surface area contributed by atoms with E-state index >= 15 is 0 Å². The second-order valence-corrected chi connectivity index (χ2v) is 4.54. The number of hydrogen-bond acceptors (Lipinski definition) is 4. The summed E-state index contributed by atoms with van der Waals surface area (Å²) in [5.41, 5.74) is 7.31. The van der Waals surface area contributed by atoms with Crippen LogP contribution < -0.4 is 10.6 Å². The van der Waals surface area contributed by atoms with Crippen molar-refractivity contribution in [3.05, 3.63) is 33.9 Å². The normalized spacial score (nSPS) is 19.6. The SMILES string of the molecule is Cc1cccc(N2CCC(CN)C2)c1[N+](=O)[O-]. The average molecular weight is 235 g/mol. The summed E-state index contributed by atoms with van der Waals surface area (Å²) in [6.07, 6.45) is 1.02. The number of rotatable bonds is 3. The molecule has 1 fully saturated rings. The Balaban J connectivity index is 2.33. The van der Waals surface area contributed by atoms with Gasteiger partial charge in [-0.2, -0.15) is 0 Å². The van der Waals surface area contributed by atoms with E-state index in [9.17, 15) is 10.1 Å². The Morgan fingerprint density at radius 2 is 2.35 bits per heavy atom. The van der Waals surface area contributed by atoms with Crippen LogP contribution in [-0.2, 0) is 0 Å². The average Bonchev–Trinajstić information content (AvgIpc) is 2.76. The summed E-state index contributed by atoms with van der Waals surface area (Å²) in [7, 11) is 0. The summed E-state index contributed by atoms with van der Waals surface area (Å²) in [6.45, 7) is 4.10. The van der Waals surface area contributed by atoms with Gasteiger partial charge in [-0.3, -0.25) is 10.1 Å². The predicted molar refractivity (Wildman–Crippen MR) is 67.2 cm³/mol. The van der Waals surface area contributed by atoms with Crippen LogP contribution in [0.25, 0.3) is 0 Å². The number of hydrogen-bond donors (Lipinski definition) is 1. The minimum atomic E-state index is -0.291. The van der Waals surface area contributed by atoms with Gasteiger partial charge in [-0.1, -0.05) is 12.1 Å². The van der Waals surface area contributed by atoms with Gasteiger partial charge in [-0.25, -0.2) is 0 Å². The third-order valence-corrected chi connectivity index (χ3v) is 3.36. The second-order valence-electron chi connectivity index (χ2n) is 4.54. The van der Waals surface area contributed by atoms with Crippen molar-refractivity contribution < 1.29 is 4.92 Å². The van der Waals surface area contributed by atoms with Crippen LogP contribution in [0.1, 0.15) is 12.0 Å². The molecule has 1 aromatic carbocycles. The van der Waals surface area contributed by atoms with Crippen molar-refractivity contribution in [1.29, 1.82) is 0 Å². The number of anilines is 1. The van der Waals surface area contributed by atoms with Gasteiger partial charge in [0.15, 0.2) is 0 Å². The van der Waals surface area contributed by atoms with Crippen LogP contribution >= 0.6 is 0 Å². The van der Waals surface area contributed by atoms with Crippen LogP contribution in [0.4, 0.5) is 11.4 Å². The highest BCUT2D eigenvalue weighted by Crippen LogP contribution is 2.34. The molecule has 2 rings (SSSR count). The maximum absolute atomic E-state index is 11.1. The van der Waals surface area contributed by atoms with E-state index < -0.39 is 0 Å². The maximum atomic E-state index is 11.1. The monoisotopic (exact) mass is 235 g/mol. The zero-order chi connectivity index (χ0) is 12.4. The highest BCUT2D eigenvalue weighted by atomic mass is 16.6. The molecule has 2 N–H and O–H groups in total. The summed E-state index contributed by atoms with van der Waals surface area (Å²) in [5.74, 6) is 0.454. The largest absolute Gasteiger partial charge is 0.366 e. The molecule has 92 valence electrons. The second kappa shape index (κ2) is 4.71. The molecule has 0 aliphatic carbocycles. The molecule has 0 bridgehead atoms. The molecule has 0 amide bonds. The Hall–Kier alpha value is -1.62. The summed E-state index contributed by atoms with van der Waals surface area (Å²) in [6, 6.07) is 5.47. The van der Waals surface area contributed by atoms with Crippen LogP contribution in [0.3, 0.4) is 0 Å². The van der Waals surface area contributed by atoms with Crippen molar-refractivity contribution in [2.24, 2.45) is 11.7 Å². The number of aryl methyl sites for hydroxylation is 1. The van der Waals surface area contributed by atoms with Crippen LogP contribution in [-0.4, -0.2) is 24.6 Å². The molecule has 5 nitrogen and oxygen atoms in total. The van der Waals surface area contributed by atoms with E-state index in [2.05, 4.69) is 4.90 Å². The van der Waals surface area contributed by atoms with Crippen LogP contribution in [0.15, 0.2) is 18.2 Å². The number of nitrogens with two attached hydrogens (primary N) is 1. The van der Waals surface area contributed by atoms with Gasteiger partial charge in [0, 0.05) is 18.7 Å². The van der Waals surface area contributed by atoms with Gasteiger partial charge < -0.3 is 10.6 Å². The highest BCUT2D eigenvalue weighted by molar-refractivity contribution is 5.67. The molecular formula is C12H17N3O2. The van der Waals surface area contributed by atoms with Gasteiger partial charge in [0.1, 0.15) is 5.69 Å². The lowest BCUT2D eigenvalue weighted by molar-refractivity contribution is -0.384. The molecule has 1 atom stereocenters. The third-order valence-electron chi connectivity index (χ3n) is 3.36. The molecule has 5 heteroatoms. The van der Waals surface area contributed by atoms with Crippen molar-refractivity contribution in [3.63, 3.8) is 0 Å². The Bertz CT molecular complexity index is 434. The Labute approximate surface area is 100 Å². The van der Waals surface area contributed by atoms with Crippen molar-refractivity contribution in [3.8, 4) is 0 Å². The number of nitrogens with zero attached hydrogens (tertiary/aromatic N) is 2. The minimum Gasteiger partial charge on any atom is -0.366 e. The van der Waals surface area contributed by atoms with E-state index in [0.29, 0.717) is 18.0 Å². The molecule has 17 heavy (non-hydrogen) atoms. The van der Waals surface area contributed by atoms with E-state index in [0.717, 1.165) is 25.2 Å². The smallest absolute Gasteiger partial charge is 0.295 e. The van der Waals surface area contributed by atoms with E-state index in [4.69, 9.17) is 5.73 Å². The molecule has 1 aromatic rings. The lowest BCUT2D eigenvalue weighted by Gasteiger charge is -2.19. The topological polar surface area (TPSA) is 72.4 Å². The first-order chi connectivity index (χ1) is 8.13. The zero-order valence-electron chi connectivity index (χ0n) is 9.93. The summed E-state index contributed by atoms with van der Waals surface area (Å²) >= 11 is 0. The first kappa shape index (κ1) is 11.9. The summed E-state index contributed by atoms with van der Waals surface area (Å²) in [5, 5.41) is 11.1. The van der Waals surface area contributed by atoms with Gasteiger partial charge in [0.2, 0.25) is 0 Å². The molecule has 1 aliphatic heterocycles. The molecular weight excluding hydrogens is 218 g/mol. The Morgan fingerprint density at radius 1 is 1.59 bits per heavy atom. The van der Waals surface area contributed by atoms with Gasteiger partial charge >= 0.3 is 0 Å². The van der Waals surface area contributed by atoms with E-state index in [-0.39, 0.29) is 10.6 Å². The lowest BCUT2D eigenvalue weighted by atomic mass is 10.1. The highest BCUT2D eigenvalue weighted by Gasteiger charge is 2.27. The van der Waals surface area contributed by atoms with E-state index in [1.54, 1.807) is 13.0 Å². The van der Waals surface area contributed by atoms with Crippen LogP contribution in [0, 0.1) is 23.0 Å². The fourth-order valence-electron chi connectivity index (χ4n) is 2.38. The number of nitro groups is 1. The molecule has 1 aliphatic rings. The molecule has 0 spiro atoms. The molecule has 1 saturated heterocycles. The minimum absolute atomic E-state index is 0.227. The van der Waals surface area contributed by atoms with Gasteiger partial charge in [-0.15, -0.1) is 0 Å². The zero-order valence-corrected chi connectivity index (χ0v) is 9.93. The molecule has 0 saturated carbocycles. The summed E-state index contributed by atoms with van der Waals surface area (Å²) in [4.78, 5) is 12.9. The first-order valence-corrected chi connectivity index (χ1v) is 5.82. The Kier molecular flexibility index (Phi) is 3.28. The van der Waals surface area contributed by atoms with Crippen molar-refractivity contribution in [1.82, 2.24) is 0 Å². The van der Waals surface area contributed by atoms with Gasteiger partial charge in [0.05, 0.1) is 4.92 Å². The van der Waals surface area contributed by atoms with Crippen LogP contribution in [0.5, 0.6) is 0 Å². The number of benzene rings is 1.